The number of hydrogen-bond acceptors (Lipinski definition) is 2. The molecule has 0 amide bonds. The van der Waals surface area contributed by atoms with Crippen molar-refractivity contribution in [2.75, 3.05) is 6.54 Å². The van der Waals surface area contributed by atoms with Crippen molar-refractivity contribution >= 4 is 11.0 Å². The minimum absolute atomic E-state index is 0.899. The molecule has 3 rings (SSSR count). The van der Waals surface area contributed by atoms with Crippen molar-refractivity contribution < 1.29 is 4.42 Å². The maximum Gasteiger partial charge on any atom is 0.134 e. The zero-order valence-corrected chi connectivity index (χ0v) is 11.5. The molecule has 0 radical (unpaired) electrons. The van der Waals surface area contributed by atoms with Gasteiger partial charge in [0.2, 0.25) is 0 Å². The lowest BCUT2D eigenvalue weighted by atomic mass is 10.1. The summed E-state index contributed by atoms with van der Waals surface area (Å²) in [5.41, 5.74) is 3.92. The molecule has 0 spiro atoms. The molecule has 1 aliphatic rings. The molecular weight excluding hydrogens is 234 g/mol. The number of allylic oxidation sites excluding steroid dienone is 1. The number of nitrogens with one attached hydrogen (secondary N) is 1. The third-order valence-corrected chi connectivity index (χ3v) is 3.96. The average molecular weight is 255 g/mol. The van der Waals surface area contributed by atoms with Gasteiger partial charge in [0.05, 0.1) is 0 Å². The minimum Gasteiger partial charge on any atom is -0.461 e. The van der Waals surface area contributed by atoms with Gasteiger partial charge in [0, 0.05) is 17.5 Å². The van der Waals surface area contributed by atoms with Gasteiger partial charge in [0.15, 0.2) is 0 Å². The van der Waals surface area contributed by atoms with Crippen LogP contribution in [0.15, 0.2) is 40.3 Å². The topological polar surface area (TPSA) is 25.2 Å². The molecule has 2 aromatic rings. The molecule has 0 fully saturated rings. The van der Waals surface area contributed by atoms with E-state index in [0.29, 0.717) is 0 Å². The van der Waals surface area contributed by atoms with Crippen molar-refractivity contribution in [2.24, 2.45) is 0 Å². The van der Waals surface area contributed by atoms with Crippen LogP contribution in [0.5, 0.6) is 0 Å². The summed E-state index contributed by atoms with van der Waals surface area (Å²) >= 11 is 0. The highest BCUT2D eigenvalue weighted by Crippen LogP contribution is 2.25. The molecule has 0 saturated heterocycles. The van der Waals surface area contributed by atoms with Gasteiger partial charge in [-0.15, -0.1) is 0 Å². The van der Waals surface area contributed by atoms with Crippen LogP contribution in [-0.4, -0.2) is 6.54 Å². The Morgan fingerprint density at radius 3 is 3.00 bits per heavy atom. The van der Waals surface area contributed by atoms with Crippen molar-refractivity contribution in [1.82, 2.24) is 5.32 Å². The number of para-hydroxylation sites is 1. The zero-order valence-electron chi connectivity index (χ0n) is 11.5. The predicted octanol–water partition coefficient (Wildman–Crippen LogP) is 4.33. The highest BCUT2D eigenvalue weighted by atomic mass is 16.3. The van der Waals surface area contributed by atoms with Gasteiger partial charge in [-0.05, 0) is 45.2 Å². The molecule has 2 heteroatoms. The molecule has 0 bridgehead atoms. The number of aryl methyl sites for hydroxylation is 1. The first-order valence-electron chi connectivity index (χ1n) is 7.20. The molecule has 1 heterocycles. The molecule has 1 aliphatic carbocycles. The third kappa shape index (κ3) is 2.74. The average Bonchev–Trinajstić information content (AvgIpc) is 3.02. The van der Waals surface area contributed by atoms with Gasteiger partial charge < -0.3 is 9.73 Å². The third-order valence-electron chi connectivity index (χ3n) is 3.96. The molecule has 0 unspecified atom stereocenters. The summed E-state index contributed by atoms with van der Waals surface area (Å²) in [7, 11) is 0. The Morgan fingerprint density at radius 1 is 1.26 bits per heavy atom. The van der Waals surface area contributed by atoms with E-state index < -0.39 is 0 Å². The fourth-order valence-electron chi connectivity index (χ4n) is 2.87. The Balaban J connectivity index is 1.60. The molecule has 1 aromatic heterocycles. The van der Waals surface area contributed by atoms with Crippen LogP contribution in [0.1, 0.15) is 37.0 Å². The van der Waals surface area contributed by atoms with Crippen molar-refractivity contribution in [3.05, 3.63) is 47.2 Å². The fraction of sp³-hybridized carbons (Fsp3) is 0.412. The highest BCUT2D eigenvalue weighted by molar-refractivity contribution is 5.82. The van der Waals surface area contributed by atoms with E-state index >= 15 is 0 Å². The van der Waals surface area contributed by atoms with E-state index in [0.717, 1.165) is 24.4 Å². The van der Waals surface area contributed by atoms with Crippen LogP contribution in [0.25, 0.3) is 11.0 Å². The van der Waals surface area contributed by atoms with Gasteiger partial charge >= 0.3 is 0 Å². The SMILES string of the molecule is Cc1oc2ccccc2c1CNCCC1=CCCC1. The first-order chi connectivity index (χ1) is 9.34. The second-order valence-corrected chi connectivity index (χ2v) is 5.31. The summed E-state index contributed by atoms with van der Waals surface area (Å²) in [4.78, 5) is 0. The number of rotatable bonds is 5. The molecule has 0 atom stereocenters. The van der Waals surface area contributed by atoms with Crippen LogP contribution in [0, 0.1) is 6.92 Å². The number of fused-ring (bicyclic) bond motifs is 1. The summed E-state index contributed by atoms with van der Waals surface area (Å²) in [6.45, 7) is 4.01. The van der Waals surface area contributed by atoms with Gasteiger partial charge in [-0.2, -0.15) is 0 Å². The summed E-state index contributed by atoms with van der Waals surface area (Å²) in [6.07, 6.45) is 7.52. The highest BCUT2D eigenvalue weighted by Gasteiger charge is 2.10. The molecule has 1 aromatic carbocycles. The summed E-state index contributed by atoms with van der Waals surface area (Å²) in [5.74, 6) is 1.04. The van der Waals surface area contributed by atoms with E-state index in [1.807, 2.05) is 12.1 Å². The maximum absolute atomic E-state index is 5.78. The standard InChI is InChI=1S/C17H21NO/c1-13-16(15-8-4-5-9-17(15)19-13)12-18-11-10-14-6-2-3-7-14/h4-6,8-9,18H,2-3,7,10-12H2,1H3. The molecule has 1 N–H and O–H groups in total. The molecule has 0 saturated carbocycles. The monoisotopic (exact) mass is 255 g/mol. The van der Waals surface area contributed by atoms with Crippen LogP contribution < -0.4 is 5.32 Å². The molecule has 19 heavy (non-hydrogen) atoms. The van der Waals surface area contributed by atoms with E-state index in [1.54, 1.807) is 5.57 Å². The summed E-state index contributed by atoms with van der Waals surface area (Å²) in [5, 5.41) is 4.79. The lowest BCUT2D eigenvalue weighted by Crippen LogP contribution is -2.15. The van der Waals surface area contributed by atoms with Gasteiger partial charge in [-0.25, -0.2) is 0 Å². The first kappa shape index (κ1) is 12.5. The summed E-state index contributed by atoms with van der Waals surface area (Å²) in [6, 6.07) is 8.27. The van der Waals surface area contributed by atoms with Crippen LogP contribution in [0.2, 0.25) is 0 Å². The number of hydrogen-bond donors (Lipinski definition) is 1. The van der Waals surface area contributed by atoms with Gasteiger partial charge in [0.25, 0.3) is 0 Å². The number of furan rings is 1. The smallest absolute Gasteiger partial charge is 0.134 e. The maximum atomic E-state index is 5.78. The van der Waals surface area contributed by atoms with Crippen LogP contribution in [0.4, 0.5) is 0 Å². The quantitative estimate of drug-likeness (QED) is 0.635. The number of benzene rings is 1. The van der Waals surface area contributed by atoms with Gasteiger partial charge in [-0.1, -0.05) is 29.8 Å². The van der Waals surface area contributed by atoms with E-state index in [1.165, 1.54) is 36.6 Å². The largest absolute Gasteiger partial charge is 0.461 e. The Hall–Kier alpha value is -1.54. The van der Waals surface area contributed by atoms with E-state index in [4.69, 9.17) is 4.42 Å². The Bertz CT molecular complexity index is 594. The van der Waals surface area contributed by atoms with Crippen LogP contribution >= 0.6 is 0 Å². The second kappa shape index (κ2) is 5.62. The molecular formula is C17H21NO. The lowest BCUT2D eigenvalue weighted by Gasteiger charge is -2.05. The van der Waals surface area contributed by atoms with Crippen LogP contribution in [-0.2, 0) is 6.54 Å². The molecule has 100 valence electrons. The lowest BCUT2D eigenvalue weighted by molar-refractivity contribution is 0.565. The van der Waals surface area contributed by atoms with Crippen molar-refractivity contribution in [2.45, 2.75) is 39.2 Å². The van der Waals surface area contributed by atoms with E-state index in [-0.39, 0.29) is 0 Å². The van der Waals surface area contributed by atoms with E-state index in [2.05, 4.69) is 30.4 Å². The minimum atomic E-state index is 0.899. The Labute approximate surface area is 114 Å². The first-order valence-corrected chi connectivity index (χ1v) is 7.20. The molecule has 0 aliphatic heterocycles. The van der Waals surface area contributed by atoms with Crippen molar-refractivity contribution in [3.63, 3.8) is 0 Å². The predicted molar refractivity (Wildman–Crippen MR) is 79.2 cm³/mol. The normalized spacial score (nSPS) is 15.1. The Morgan fingerprint density at radius 2 is 2.16 bits per heavy atom. The second-order valence-electron chi connectivity index (χ2n) is 5.31. The zero-order chi connectivity index (χ0) is 13.1. The van der Waals surface area contributed by atoms with E-state index in [9.17, 15) is 0 Å². The van der Waals surface area contributed by atoms with Gasteiger partial charge in [-0.3, -0.25) is 0 Å². The van der Waals surface area contributed by atoms with Crippen molar-refractivity contribution in [1.29, 1.82) is 0 Å². The van der Waals surface area contributed by atoms with Crippen molar-refractivity contribution in [3.8, 4) is 0 Å². The van der Waals surface area contributed by atoms with Gasteiger partial charge in [0.1, 0.15) is 11.3 Å². The Kier molecular flexibility index (Phi) is 3.69. The fourth-order valence-corrected chi connectivity index (χ4v) is 2.87. The van der Waals surface area contributed by atoms with Crippen LogP contribution in [0.3, 0.4) is 0 Å². The molecule has 2 nitrogen and oxygen atoms in total. The summed E-state index contributed by atoms with van der Waals surface area (Å²) < 4.78 is 5.78.